The molecule has 0 fully saturated rings. The first kappa shape index (κ1) is 22.5. The minimum absolute atomic E-state index is 0.155. The molecule has 0 aliphatic carbocycles. The Hall–Kier alpha value is -3.73. The van der Waals surface area contributed by atoms with Crippen LogP contribution in [0.3, 0.4) is 0 Å². The number of pyridine rings is 1. The molecule has 6 nitrogen and oxygen atoms in total. The van der Waals surface area contributed by atoms with E-state index >= 15 is 4.39 Å². The number of ketones is 1. The van der Waals surface area contributed by atoms with Crippen molar-refractivity contribution in [2.24, 2.45) is 0 Å². The van der Waals surface area contributed by atoms with Crippen LogP contribution >= 0.6 is 0 Å². The number of carbonyl (C=O) groups is 1. The maximum absolute atomic E-state index is 15.1. The first-order valence-electron chi connectivity index (χ1n) is 9.44. The summed E-state index contributed by atoms with van der Waals surface area (Å²) in [6.45, 7) is 1.78. The van der Waals surface area contributed by atoms with E-state index in [1.165, 1.54) is 18.3 Å². The van der Waals surface area contributed by atoms with Crippen molar-refractivity contribution in [2.75, 3.05) is 4.72 Å². The number of hydrogen-bond acceptors (Lipinski definition) is 4. The van der Waals surface area contributed by atoms with Gasteiger partial charge in [-0.05, 0) is 55.0 Å². The quantitative estimate of drug-likeness (QED) is 0.311. The molecule has 33 heavy (non-hydrogen) atoms. The van der Waals surface area contributed by atoms with Crippen molar-refractivity contribution in [1.29, 1.82) is 0 Å². The number of H-pyrrole nitrogens is 1. The molecule has 170 valence electrons. The Labute approximate surface area is 185 Å². The number of aromatic amines is 1. The van der Waals surface area contributed by atoms with Crippen molar-refractivity contribution in [3.8, 4) is 0 Å². The minimum Gasteiger partial charge on any atom is -0.345 e. The van der Waals surface area contributed by atoms with Crippen molar-refractivity contribution in [2.45, 2.75) is 18.0 Å². The van der Waals surface area contributed by atoms with Gasteiger partial charge in [-0.3, -0.25) is 9.52 Å². The third-order valence-corrected chi connectivity index (χ3v) is 6.27. The van der Waals surface area contributed by atoms with Gasteiger partial charge in [0.2, 0.25) is 0 Å². The van der Waals surface area contributed by atoms with Gasteiger partial charge in [-0.15, -0.1) is 0 Å². The van der Waals surface area contributed by atoms with Gasteiger partial charge in [0.05, 0.1) is 21.7 Å². The second-order valence-corrected chi connectivity index (χ2v) is 8.92. The number of aryl methyl sites for hydroxylation is 1. The van der Waals surface area contributed by atoms with Gasteiger partial charge in [-0.25, -0.2) is 17.8 Å². The van der Waals surface area contributed by atoms with Gasteiger partial charge >= 0.3 is 6.18 Å². The largest absolute Gasteiger partial charge is 0.416 e. The number of sulfonamides is 1. The number of nitrogens with zero attached hydrogens (tertiary/aromatic N) is 1. The minimum atomic E-state index is -4.63. The van der Waals surface area contributed by atoms with Crippen molar-refractivity contribution in [3.05, 3.63) is 89.0 Å². The Bertz CT molecular complexity index is 1480. The summed E-state index contributed by atoms with van der Waals surface area (Å²) in [5.41, 5.74) is -0.551. The lowest BCUT2D eigenvalue weighted by Gasteiger charge is -2.12. The van der Waals surface area contributed by atoms with Gasteiger partial charge in [0.15, 0.2) is 11.6 Å². The number of fused-ring (bicyclic) bond motifs is 1. The topological polar surface area (TPSA) is 91.9 Å². The smallest absolute Gasteiger partial charge is 0.345 e. The SMILES string of the molecule is Cc1cnc2[nH]cc(C(=O)c3cccc(NS(=O)(=O)c4ccc(C(F)(F)F)cc4)c3F)c2c1. The van der Waals surface area contributed by atoms with Crippen LogP contribution in [0, 0.1) is 12.7 Å². The van der Waals surface area contributed by atoms with Crippen LogP contribution in [-0.4, -0.2) is 24.2 Å². The molecule has 2 heterocycles. The van der Waals surface area contributed by atoms with Gasteiger partial charge < -0.3 is 4.98 Å². The molecule has 0 bridgehead atoms. The fourth-order valence-corrected chi connectivity index (χ4v) is 4.31. The van der Waals surface area contributed by atoms with E-state index in [4.69, 9.17) is 0 Å². The summed E-state index contributed by atoms with van der Waals surface area (Å²) in [6.07, 6.45) is -1.64. The molecule has 0 saturated carbocycles. The molecule has 2 aromatic carbocycles. The van der Waals surface area contributed by atoms with Crippen LogP contribution < -0.4 is 4.72 Å². The Morgan fingerprint density at radius 3 is 2.42 bits per heavy atom. The Balaban J connectivity index is 1.67. The van der Waals surface area contributed by atoms with Gasteiger partial charge in [0, 0.05) is 23.3 Å². The summed E-state index contributed by atoms with van der Waals surface area (Å²) in [6, 6.07) is 8.05. The zero-order chi connectivity index (χ0) is 24.0. The second-order valence-electron chi connectivity index (χ2n) is 7.24. The highest BCUT2D eigenvalue weighted by atomic mass is 32.2. The fourth-order valence-electron chi connectivity index (χ4n) is 3.25. The molecule has 0 aliphatic rings. The number of hydrogen-bond donors (Lipinski definition) is 2. The first-order chi connectivity index (χ1) is 15.5. The Kier molecular flexibility index (Phi) is 5.44. The number of nitrogens with one attached hydrogen (secondary N) is 2. The van der Waals surface area contributed by atoms with E-state index in [0.717, 1.165) is 23.8 Å². The normalized spacial score (nSPS) is 12.2. The van der Waals surface area contributed by atoms with Crippen LogP contribution in [0.15, 0.2) is 65.8 Å². The number of carbonyl (C=O) groups excluding carboxylic acids is 1. The molecular weight excluding hydrogens is 462 g/mol. The van der Waals surface area contributed by atoms with Crippen LogP contribution in [0.5, 0.6) is 0 Å². The van der Waals surface area contributed by atoms with E-state index in [9.17, 15) is 26.4 Å². The molecule has 4 aromatic rings. The van der Waals surface area contributed by atoms with E-state index in [1.54, 1.807) is 19.2 Å². The maximum Gasteiger partial charge on any atom is 0.416 e. The number of alkyl halides is 3. The Morgan fingerprint density at radius 1 is 1.06 bits per heavy atom. The molecule has 11 heteroatoms. The molecule has 0 spiro atoms. The molecule has 0 aliphatic heterocycles. The summed E-state index contributed by atoms with van der Waals surface area (Å²) >= 11 is 0. The van der Waals surface area contributed by atoms with Gasteiger partial charge in [0.25, 0.3) is 10.0 Å². The van der Waals surface area contributed by atoms with E-state index in [1.807, 2.05) is 4.72 Å². The molecule has 2 N–H and O–H groups in total. The summed E-state index contributed by atoms with van der Waals surface area (Å²) in [5, 5.41) is 0.482. The third-order valence-electron chi connectivity index (χ3n) is 4.89. The number of aromatic nitrogens is 2. The van der Waals surface area contributed by atoms with Crippen molar-refractivity contribution in [1.82, 2.24) is 9.97 Å². The average molecular weight is 477 g/mol. The van der Waals surface area contributed by atoms with Crippen molar-refractivity contribution < 1.29 is 30.8 Å². The molecule has 2 aromatic heterocycles. The molecule has 0 radical (unpaired) electrons. The van der Waals surface area contributed by atoms with E-state index in [2.05, 4.69) is 9.97 Å². The predicted octanol–water partition coefficient (Wildman–Crippen LogP) is 5.06. The monoisotopic (exact) mass is 477 g/mol. The molecule has 0 atom stereocenters. The Morgan fingerprint density at radius 2 is 1.76 bits per heavy atom. The van der Waals surface area contributed by atoms with E-state index in [-0.39, 0.29) is 11.1 Å². The lowest BCUT2D eigenvalue weighted by molar-refractivity contribution is -0.137. The van der Waals surface area contributed by atoms with E-state index < -0.39 is 43.9 Å². The molecule has 0 saturated heterocycles. The molecule has 0 unspecified atom stereocenters. The van der Waals surface area contributed by atoms with Crippen LogP contribution in [-0.2, 0) is 16.2 Å². The standard InChI is InChI=1S/C22H15F4N3O3S/c1-12-9-16-17(11-28-21(16)27-10-12)20(30)15-3-2-4-18(19(15)23)29-33(31,32)14-7-5-13(6-8-14)22(24,25)26/h2-11,29H,1H3,(H,27,28). The molecule has 0 amide bonds. The van der Waals surface area contributed by atoms with Crippen molar-refractivity contribution in [3.63, 3.8) is 0 Å². The summed E-state index contributed by atoms with van der Waals surface area (Å²) in [5.74, 6) is -1.81. The van der Waals surface area contributed by atoms with Gasteiger partial charge in [0.1, 0.15) is 5.65 Å². The van der Waals surface area contributed by atoms with Crippen LogP contribution in [0.1, 0.15) is 27.0 Å². The lowest BCUT2D eigenvalue weighted by Crippen LogP contribution is -2.16. The fraction of sp³-hybridized carbons (Fsp3) is 0.0909. The maximum atomic E-state index is 15.1. The van der Waals surface area contributed by atoms with Crippen LogP contribution in [0.4, 0.5) is 23.2 Å². The predicted molar refractivity (Wildman–Crippen MR) is 113 cm³/mol. The lowest BCUT2D eigenvalue weighted by atomic mass is 10.0. The van der Waals surface area contributed by atoms with Crippen molar-refractivity contribution >= 4 is 32.5 Å². The highest BCUT2D eigenvalue weighted by molar-refractivity contribution is 7.92. The number of halogens is 4. The summed E-state index contributed by atoms with van der Waals surface area (Å²) in [7, 11) is -4.42. The van der Waals surface area contributed by atoms with Gasteiger partial charge in [-0.2, -0.15) is 13.2 Å². The second kappa shape index (κ2) is 8.00. The van der Waals surface area contributed by atoms with Gasteiger partial charge in [-0.1, -0.05) is 6.07 Å². The zero-order valence-electron chi connectivity index (χ0n) is 16.9. The van der Waals surface area contributed by atoms with Crippen LogP contribution in [0.25, 0.3) is 11.0 Å². The molecule has 4 rings (SSSR count). The highest BCUT2D eigenvalue weighted by Crippen LogP contribution is 2.31. The average Bonchev–Trinajstić information content (AvgIpc) is 3.17. The first-order valence-corrected chi connectivity index (χ1v) is 10.9. The van der Waals surface area contributed by atoms with E-state index in [0.29, 0.717) is 23.2 Å². The highest BCUT2D eigenvalue weighted by Gasteiger charge is 2.31. The summed E-state index contributed by atoms with van der Waals surface area (Å²) in [4.78, 5) is 19.5. The number of rotatable bonds is 5. The van der Waals surface area contributed by atoms with Crippen LogP contribution in [0.2, 0.25) is 0 Å². The number of benzene rings is 2. The third kappa shape index (κ3) is 4.31. The summed E-state index contributed by atoms with van der Waals surface area (Å²) < 4.78 is 80.4. The number of anilines is 1. The molecular formula is C22H15F4N3O3S. The zero-order valence-corrected chi connectivity index (χ0v) is 17.7.